The van der Waals surface area contributed by atoms with Gasteiger partial charge in [0.15, 0.2) is 0 Å². The van der Waals surface area contributed by atoms with Crippen LogP contribution in [0.3, 0.4) is 0 Å². The second-order valence-corrected chi connectivity index (χ2v) is 6.28. The van der Waals surface area contributed by atoms with Crippen LogP contribution in [0.2, 0.25) is 5.02 Å². The van der Waals surface area contributed by atoms with Gasteiger partial charge in [0.25, 0.3) is 5.91 Å². The first kappa shape index (κ1) is 18.5. The molecule has 3 rings (SSSR count). The van der Waals surface area contributed by atoms with Gasteiger partial charge in [0.2, 0.25) is 0 Å². The highest BCUT2D eigenvalue weighted by Crippen LogP contribution is 2.20. The molecule has 0 unspecified atom stereocenters. The molecule has 0 aliphatic heterocycles. The van der Waals surface area contributed by atoms with Crippen molar-refractivity contribution in [3.8, 4) is 0 Å². The number of rotatable bonds is 4. The molecule has 0 atom stereocenters. The van der Waals surface area contributed by atoms with E-state index in [1.165, 1.54) is 10.9 Å². The first-order valence-electron chi connectivity index (χ1n) is 8.00. The summed E-state index contributed by atoms with van der Waals surface area (Å²) in [5, 5.41) is 16.7. The van der Waals surface area contributed by atoms with Crippen molar-refractivity contribution in [2.75, 3.05) is 16.0 Å². The molecule has 0 saturated heterocycles. The number of aromatic nitrogens is 4. The molecule has 0 bridgehead atoms. The smallest absolute Gasteiger partial charge is 0.318 e. The van der Waals surface area contributed by atoms with Crippen molar-refractivity contribution in [3.63, 3.8) is 0 Å². The van der Waals surface area contributed by atoms with Gasteiger partial charge in [-0.05, 0) is 25.1 Å². The quantitative estimate of drug-likeness (QED) is 0.639. The van der Waals surface area contributed by atoms with E-state index in [4.69, 9.17) is 11.6 Å². The van der Waals surface area contributed by atoms with Crippen molar-refractivity contribution >= 4 is 40.6 Å². The molecule has 0 aliphatic rings. The van der Waals surface area contributed by atoms with Crippen LogP contribution in [0.4, 0.5) is 21.9 Å². The lowest BCUT2D eigenvalue weighted by Crippen LogP contribution is -2.23. The fourth-order valence-electron chi connectivity index (χ4n) is 2.45. The zero-order valence-electron chi connectivity index (χ0n) is 14.9. The zero-order valence-corrected chi connectivity index (χ0v) is 15.7. The maximum absolute atomic E-state index is 12.7. The van der Waals surface area contributed by atoms with Crippen molar-refractivity contribution < 1.29 is 9.59 Å². The third kappa shape index (κ3) is 4.09. The van der Waals surface area contributed by atoms with Gasteiger partial charge in [-0.2, -0.15) is 10.2 Å². The Hall–Kier alpha value is -3.33. The lowest BCUT2D eigenvalue weighted by Gasteiger charge is -2.10. The molecule has 1 aromatic carbocycles. The largest absolute Gasteiger partial charge is 0.323 e. The van der Waals surface area contributed by atoms with Crippen LogP contribution in [0.25, 0.3) is 0 Å². The summed E-state index contributed by atoms with van der Waals surface area (Å²) in [6.07, 6.45) is 2.96. The molecule has 3 aromatic rings. The Morgan fingerprint density at radius 1 is 1.00 bits per heavy atom. The van der Waals surface area contributed by atoms with E-state index in [1.807, 2.05) is 6.92 Å². The van der Waals surface area contributed by atoms with Crippen LogP contribution in [0.1, 0.15) is 16.2 Å². The van der Waals surface area contributed by atoms with Crippen molar-refractivity contribution in [3.05, 3.63) is 53.1 Å². The molecule has 0 radical (unpaired) electrons. The van der Waals surface area contributed by atoms with Gasteiger partial charge in [0.05, 0.1) is 29.5 Å². The van der Waals surface area contributed by atoms with E-state index in [-0.39, 0.29) is 11.4 Å². The first-order valence-corrected chi connectivity index (χ1v) is 8.38. The van der Waals surface area contributed by atoms with E-state index >= 15 is 0 Å². The summed E-state index contributed by atoms with van der Waals surface area (Å²) in [5.74, 6) is -0.413. The minimum absolute atomic E-state index is 0.208. The lowest BCUT2D eigenvalue weighted by molar-refractivity contribution is 0.101. The van der Waals surface area contributed by atoms with Crippen molar-refractivity contribution in [1.29, 1.82) is 0 Å². The number of aryl methyl sites for hydroxylation is 2. The molecule has 0 spiro atoms. The van der Waals surface area contributed by atoms with E-state index < -0.39 is 11.9 Å². The molecule has 27 heavy (non-hydrogen) atoms. The average Bonchev–Trinajstić information content (AvgIpc) is 3.11. The molecule has 140 valence electrons. The average molecular weight is 388 g/mol. The summed E-state index contributed by atoms with van der Waals surface area (Å²) in [6.45, 7) is 1.84. The molecular formula is C17H18ClN7O2. The molecule has 2 aromatic heterocycles. The molecule has 9 nitrogen and oxygen atoms in total. The minimum Gasteiger partial charge on any atom is -0.318 e. The molecule has 2 heterocycles. The third-order valence-electron chi connectivity index (χ3n) is 3.97. The van der Waals surface area contributed by atoms with E-state index in [0.29, 0.717) is 16.4 Å². The van der Waals surface area contributed by atoms with Crippen LogP contribution in [-0.4, -0.2) is 31.5 Å². The Balaban J connectivity index is 1.75. The minimum atomic E-state index is -0.517. The molecule has 3 N–H and O–H groups in total. The van der Waals surface area contributed by atoms with Gasteiger partial charge >= 0.3 is 6.03 Å². The number of hydrogen-bond donors (Lipinski definition) is 3. The number of carbonyl (C=O) groups excluding carboxylic acids is 2. The highest BCUT2D eigenvalue weighted by molar-refractivity contribution is 6.30. The first-order chi connectivity index (χ1) is 12.8. The van der Waals surface area contributed by atoms with Gasteiger partial charge in [0, 0.05) is 24.8 Å². The number of benzene rings is 1. The summed E-state index contributed by atoms with van der Waals surface area (Å²) in [6, 6.07) is 6.22. The Kier molecular flexibility index (Phi) is 5.13. The van der Waals surface area contributed by atoms with E-state index in [2.05, 4.69) is 26.1 Å². The monoisotopic (exact) mass is 387 g/mol. The molecule has 3 amide bonds. The van der Waals surface area contributed by atoms with Gasteiger partial charge in [-0.25, -0.2) is 4.79 Å². The number of nitrogens with zero attached hydrogens (tertiary/aromatic N) is 4. The predicted octanol–water partition coefficient (Wildman–Crippen LogP) is 3.01. The summed E-state index contributed by atoms with van der Waals surface area (Å²) in [7, 11) is 3.40. The van der Waals surface area contributed by atoms with Gasteiger partial charge in [0.1, 0.15) is 5.69 Å². The Morgan fingerprint density at radius 2 is 1.70 bits per heavy atom. The van der Waals surface area contributed by atoms with Crippen LogP contribution in [0, 0.1) is 6.92 Å². The topological polar surface area (TPSA) is 106 Å². The van der Waals surface area contributed by atoms with Gasteiger partial charge < -0.3 is 16.0 Å². The fraction of sp³-hybridized carbons (Fsp3) is 0.176. The summed E-state index contributed by atoms with van der Waals surface area (Å²) in [5.41, 5.74) is 2.40. The summed E-state index contributed by atoms with van der Waals surface area (Å²) >= 11 is 5.91. The van der Waals surface area contributed by atoms with Crippen molar-refractivity contribution in [2.24, 2.45) is 14.1 Å². The van der Waals surface area contributed by atoms with Crippen molar-refractivity contribution in [1.82, 2.24) is 19.6 Å². The van der Waals surface area contributed by atoms with E-state index in [0.717, 1.165) is 5.69 Å². The Labute approximate surface area is 160 Å². The molecule has 10 heteroatoms. The predicted molar refractivity (Wildman–Crippen MR) is 103 cm³/mol. The maximum atomic E-state index is 12.7. The van der Waals surface area contributed by atoms with Gasteiger partial charge in [-0.15, -0.1) is 0 Å². The second kappa shape index (κ2) is 7.50. The van der Waals surface area contributed by atoms with Crippen LogP contribution in [-0.2, 0) is 14.1 Å². The van der Waals surface area contributed by atoms with Gasteiger partial charge in [-0.3, -0.25) is 14.2 Å². The van der Waals surface area contributed by atoms with Crippen LogP contribution in [0.5, 0.6) is 0 Å². The SMILES string of the molecule is Cc1c(NC(=O)c2c(NC(=O)Nc3cccc(Cl)c3)cnn2C)cnn1C. The normalized spacial score (nSPS) is 10.5. The van der Waals surface area contributed by atoms with Crippen LogP contribution < -0.4 is 16.0 Å². The fourth-order valence-corrected chi connectivity index (χ4v) is 2.64. The van der Waals surface area contributed by atoms with Crippen LogP contribution in [0.15, 0.2) is 36.7 Å². The van der Waals surface area contributed by atoms with Crippen LogP contribution >= 0.6 is 11.6 Å². The van der Waals surface area contributed by atoms with Crippen molar-refractivity contribution in [2.45, 2.75) is 6.92 Å². The molecule has 0 aliphatic carbocycles. The highest BCUT2D eigenvalue weighted by Gasteiger charge is 2.20. The standard InChI is InChI=1S/C17H18ClN7O2/c1-10-13(8-19-24(10)2)22-16(26)15-14(9-20-25(15)3)23-17(27)21-12-6-4-5-11(18)7-12/h4-9H,1-3H3,(H,22,26)(H2,21,23,27). The lowest BCUT2D eigenvalue weighted by atomic mass is 10.3. The third-order valence-corrected chi connectivity index (χ3v) is 4.20. The number of hydrogen-bond acceptors (Lipinski definition) is 4. The number of carbonyl (C=O) groups is 2. The molecule has 0 fully saturated rings. The summed E-state index contributed by atoms with van der Waals surface area (Å²) < 4.78 is 3.03. The maximum Gasteiger partial charge on any atom is 0.323 e. The van der Waals surface area contributed by atoms with Gasteiger partial charge in [-0.1, -0.05) is 17.7 Å². The Bertz CT molecular complexity index is 1010. The summed E-state index contributed by atoms with van der Waals surface area (Å²) in [4.78, 5) is 24.9. The molecule has 0 saturated carbocycles. The number of urea groups is 1. The van der Waals surface area contributed by atoms with E-state index in [9.17, 15) is 9.59 Å². The second-order valence-electron chi connectivity index (χ2n) is 5.84. The number of amides is 3. The number of halogens is 1. The zero-order chi connectivity index (χ0) is 19.6. The highest BCUT2D eigenvalue weighted by atomic mass is 35.5. The Morgan fingerprint density at radius 3 is 2.37 bits per heavy atom. The number of anilines is 3. The number of nitrogens with one attached hydrogen (secondary N) is 3. The molecular weight excluding hydrogens is 370 g/mol. The van der Waals surface area contributed by atoms with E-state index in [1.54, 1.807) is 49.2 Å².